The number of carbonyl (C=O) groups excluding carboxylic acids is 1. The molecule has 28 heavy (non-hydrogen) atoms. The second-order valence-corrected chi connectivity index (χ2v) is 7.29. The number of aromatic nitrogens is 2. The van der Waals surface area contributed by atoms with Gasteiger partial charge >= 0.3 is 6.03 Å². The Hall–Kier alpha value is -2.54. The Kier molecular flexibility index (Phi) is 5.52. The van der Waals surface area contributed by atoms with Gasteiger partial charge in [0.25, 0.3) is 0 Å². The average Bonchev–Trinajstić information content (AvgIpc) is 3.36. The molecule has 1 aromatic heterocycles. The van der Waals surface area contributed by atoms with Gasteiger partial charge in [0.1, 0.15) is 5.75 Å². The van der Waals surface area contributed by atoms with Crippen LogP contribution in [0.5, 0.6) is 5.75 Å². The van der Waals surface area contributed by atoms with Gasteiger partial charge < -0.3 is 19.7 Å². The lowest BCUT2D eigenvalue weighted by molar-refractivity contribution is 0.107. The van der Waals surface area contributed by atoms with Gasteiger partial charge in [-0.1, -0.05) is 12.1 Å². The van der Waals surface area contributed by atoms with Crippen LogP contribution >= 0.6 is 0 Å². The lowest BCUT2D eigenvalue weighted by Gasteiger charge is -2.25. The largest absolute Gasteiger partial charge is 0.497 e. The van der Waals surface area contributed by atoms with Crippen LogP contribution in [-0.2, 0) is 30.9 Å². The summed E-state index contributed by atoms with van der Waals surface area (Å²) in [4.78, 5) is 14.8. The molecule has 2 aliphatic rings. The summed E-state index contributed by atoms with van der Waals surface area (Å²) in [7, 11) is 1.65. The van der Waals surface area contributed by atoms with Crippen molar-refractivity contribution in [3.63, 3.8) is 0 Å². The zero-order valence-electron chi connectivity index (χ0n) is 16.6. The molecule has 150 valence electrons. The number of ether oxygens (including phenoxy) is 2. The van der Waals surface area contributed by atoms with E-state index in [1.54, 1.807) is 7.11 Å². The third-order valence-corrected chi connectivity index (χ3v) is 5.63. The van der Waals surface area contributed by atoms with Gasteiger partial charge in [-0.3, -0.25) is 4.68 Å². The molecule has 4 rings (SSSR count). The Morgan fingerprint density at radius 1 is 1.43 bits per heavy atom. The van der Waals surface area contributed by atoms with E-state index in [4.69, 9.17) is 14.6 Å². The van der Waals surface area contributed by atoms with Crippen molar-refractivity contribution in [2.45, 2.75) is 51.9 Å². The highest BCUT2D eigenvalue weighted by Gasteiger charge is 2.35. The van der Waals surface area contributed by atoms with Crippen LogP contribution in [0.2, 0.25) is 0 Å². The first kappa shape index (κ1) is 18.8. The van der Waals surface area contributed by atoms with Crippen molar-refractivity contribution < 1.29 is 14.3 Å². The Bertz CT molecular complexity index is 848. The molecule has 1 aromatic carbocycles. The number of nitrogens with zero attached hydrogens (tertiary/aromatic N) is 3. The molecular formula is C21H28N4O3. The molecule has 7 nitrogen and oxygen atoms in total. The second kappa shape index (κ2) is 8.22. The average molecular weight is 384 g/mol. The van der Waals surface area contributed by atoms with E-state index in [9.17, 15) is 4.79 Å². The standard InChI is InChI=1S/C21H28N4O3/c1-3-25-18-9-11-28-14-17(18)20(23-25)19-8-5-10-24(19)21(26)22-13-15-6-4-7-16(12-15)27-2/h4,6-7,12,19H,3,5,8-11,13-14H2,1-2H3,(H,22,26). The number of urea groups is 1. The summed E-state index contributed by atoms with van der Waals surface area (Å²) < 4.78 is 13.0. The van der Waals surface area contributed by atoms with Crippen molar-refractivity contribution >= 4 is 6.03 Å². The highest BCUT2D eigenvalue weighted by molar-refractivity contribution is 5.75. The van der Waals surface area contributed by atoms with Crippen molar-refractivity contribution in [3.8, 4) is 5.75 Å². The fraction of sp³-hybridized carbons (Fsp3) is 0.524. The number of nitrogens with one attached hydrogen (secondary N) is 1. The van der Waals surface area contributed by atoms with Gasteiger partial charge in [-0.05, 0) is 37.5 Å². The Labute approximate surface area is 165 Å². The Morgan fingerprint density at radius 2 is 2.32 bits per heavy atom. The summed E-state index contributed by atoms with van der Waals surface area (Å²) in [6, 6.07) is 7.74. The van der Waals surface area contributed by atoms with E-state index >= 15 is 0 Å². The minimum Gasteiger partial charge on any atom is -0.497 e. The zero-order chi connectivity index (χ0) is 19.5. The second-order valence-electron chi connectivity index (χ2n) is 7.29. The first-order chi connectivity index (χ1) is 13.7. The molecule has 7 heteroatoms. The van der Waals surface area contributed by atoms with Gasteiger partial charge in [0.05, 0.1) is 32.1 Å². The number of likely N-dealkylation sites (tertiary alicyclic amines) is 1. The number of rotatable bonds is 5. The van der Waals surface area contributed by atoms with Crippen molar-refractivity contribution in [1.29, 1.82) is 0 Å². The molecule has 2 amide bonds. The predicted molar refractivity (Wildman–Crippen MR) is 105 cm³/mol. The fourth-order valence-electron chi connectivity index (χ4n) is 4.22. The maximum Gasteiger partial charge on any atom is 0.318 e. The third-order valence-electron chi connectivity index (χ3n) is 5.63. The molecule has 0 aliphatic carbocycles. The normalized spacial score (nSPS) is 18.8. The number of amides is 2. The van der Waals surface area contributed by atoms with Gasteiger partial charge in [0.15, 0.2) is 0 Å². The predicted octanol–water partition coefficient (Wildman–Crippen LogP) is 3.03. The molecule has 0 bridgehead atoms. The van der Waals surface area contributed by atoms with E-state index in [0.717, 1.165) is 56.0 Å². The summed E-state index contributed by atoms with van der Waals surface area (Å²) >= 11 is 0. The summed E-state index contributed by atoms with van der Waals surface area (Å²) in [6.07, 6.45) is 2.83. The lowest BCUT2D eigenvalue weighted by Crippen LogP contribution is -2.39. The minimum atomic E-state index is -0.0400. The van der Waals surface area contributed by atoms with Crippen molar-refractivity contribution in [2.75, 3.05) is 20.3 Å². The Morgan fingerprint density at radius 3 is 3.14 bits per heavy atom. The van der Waals surface area contributed by atoms with E-state index in [-0.39, 0.29) is 12.1 Å². The molecule has 0 saturated carbocycles. The number of fused-ring (bicyclic) bond motifs is 1. The first-order valence-corrected chi connectivity index (χ1v) is 10.0. The highest BCUT2D eigenvalue weighted by atomic mass is 16.5. The van der Waals surface area contributed by atoms with E-state index < -0.39 is 0 Å². The summed E-state index contributed by atoms with van der Waals surface area (Å²) in [6.45, 7) is 5.53. The van der Waals surface area contributed by atoms with Crippen LogP contribution in [0.25, 0.3) is 0 Å². The molecule has 1 atom stereocenters. The van der Waals surface area contributed by atoms with E-state index in [1.807, 2.05) is 29.2 Å². The van der Waals surface area contributed by atoms with Crippen LogP contribution in [0.4, 0.5) is 4.79 Å². The lowest BCUT2D eigenvalue weighted by atomic mass is 10.0. The Balaban J connectivity index is 1.49. The molecule has 0 spiro atoms. The molecule has 1 N–H and O–H groups in total. The quantitative estimate of drug-likeness (QED) is 0.860. The van der Waals surface area contributed by atoms with Crippen LogP contribution in [0.3, 0.4) is 0 Å². The molecule has 2 aliphatic heterocycles. The molecule has 3 heterocycles. The van der Waals surface area contributed by atoms with Gasteiger partial charge in [-0.2, -0.15) is 5.10 Å². The molecular weight excluding hydrogens is 356 g/mol. The van der Waals surface area contributed by atoms with Gasteiger partial charge in [-0.15, -0.1) is 0 Å². The van der Waals surface area contributed by atoms with Crippen molar-refractivity contribution in [3.05, 3.63) is 46.8 Å². The number of methoxy groups -OCH3 is 1. The number of carbonyl (C=O) groups is 1. The topological polar surface area (TPSA) is 68.6 Å². The first-order valence-electron chi connectivity index (χ1n) is 10.0. The van der Waals surface area contributed by atoms with Crippen LogP contribution < -0.4 is 10.1 Å². The molecule has 0 radical (unpaired) electrons. The summed E-state index contributed by atoms with van der Waals surface area (Å²) in [5.74, 6) is 0.794. The fourth-order valence-corrected chi connectivity index (χ4v) is 4.22. The van der Waals surface area contributed by atoms with E-state index in [2.05, 4.69) is 16.9 Å². The van der Waals surface area contributed by atoms with Gasteiger partial charge in [-0.25, -0.2) is 4.79 Å². The highest BCUT2D eigenvalue weighted by Crippen LogP contribution is 2.35. The minimum absolute atomic E-state index is 0.0218. The van der Waals surface area contributed by atoms with E-state index in [0.29, 0.717) is 13.2 Å². The molecule has 1 saturated heterocycles. The van der Waals surface area contributed by atoms with Crippen molar-refractivity contribution in [2.24, 2.45) is 0 Å². The van der Waals surface area contributed by atoms with Crippen LogP contribution in [0, 0.1) is 0 Å². The maximum absolute atomic E-state index is 12.9. The number of hydrogen-bond donors (Lipinski definition) is 1. The molecule has 1 unspecified atom stereocenters. The maximum atomic E-state index is 12.9. The van der Waals surface area contributed by atoms with E-state index in [1.165, 1.54) is 11.3 Å². The van der Waals surface area contributed by atoms with Crippen LogP contribution in [0.15, 0.2) is 24.3 Å². The number of hydrogen-bond acceptors (Lipinski definition) is 4. The monoisotopic (exact) mass is 384 g/mol. The smallest absolute Gasteiger partial charge is 0.318 e. The van der Waals surface area contributed by atoms with Gasteiger partial charge in [0, 0.05) is 37.3 Å². The van der Waals surface area contributed by atoms with Crippen LogP contribution in [0.1, 0.15) is 48.3 Å². The van der Waals surface area contributed by atoms with Crippen molar-refractivity contribution in [1.82, 2.24) is 20.0 Å². The third kappa shape index (κ3) is 3.58. The van der Waals surface area contributed by atoms with Crippen LogP contribution in [-0.4, -0.2) is 41.0 Å². The summed E-state index contributed by atoms with van der Waals surface area (Å²) in [5, 5.41) is 7.92. The molecule has 2 aromatic rings. The van der Waals surface area contributed by atoms with Gasteiger partial charge in [0.2, 0.25) is 0 Å². The number of aryl methyl sites for hydroxylation is 1. The summed E-state index contributed by atoms with van der Waals surface area (Å²) in [5.41, 5.74) is 4.49. The SMILES string of the molecule is CCn1nc(C2CCCN2C(=O)NCc2cccc(OC)c2)c2c1CCOC2. The number of benzene rings is 1. The molecule has 1 fully saturated rings. The zero-order valence-corrected chi connectivity index (χ0v) is 16.6.